The van der Waals surface area contributed by atoms with Crippen molar-refractivity contribution in [1.82, 2.24) is 9.13 Å². The van der Waals surface area contributed by atoms with Crippen molar-refractivity contribution in [1.29, 1.82) is 0 Å². The number of carbonyl (C=O) groups excluding carboxylic acids is 1. The molecule has 1 heterocycles. The number of aromatic nitrogens is 2. The Hall–Kier alpha value is -2.37. The monoisotopic (exact) mass is 248 g/mol. The van der Waals surface area contributed by atoms with Crippen molar-refractivity contribution in [2.75, 3.05) is 0 Å². The lowest BCUT2D eigenvalue weighted by atomic mass is 10.1. The number of hydrogen-bond donors (Lipinski definition) is 1. The molecular weight excluding hydrogens is 236 g/mol. The van der Waals surface area contributed by atoms with Gasteiger partial charge in [0.05, 0.1) is 16.5 Å². The fourth-order valence-electron chi connectivity index (χ4n) is 1.90. The van der Waals surface area contributed by atoms with E-state index in [1.165, 1.54) is 37.7 Å². The van der Waals surface area contributed by atoms with Gasteiger partial charge in [0.15, 0.2) is 5.78 Å². The summed E-state index contributed by atoms with van der Waals surface area (Å²) in [5, 5.41) is 9.93. The number of nitrogens with zero attached hydrogens (tertiary/aromatic N) is 2. The van der Waals surface area contributed by atoms with Gasteiger partial charge in [0.25, 0.3) is 5.56 Å². The summed E-state index contributed by atoms with van der Waals surface area (Å²) in [4.78, 5) is 35.0. The molecule has 1 aromatic heterocycles. The van der Waals surface area contributed by atoms with Crippen LogP contribution >= 0.6 is 0 Å². The van der Waals surface area contributed by atoms with E-state index in [1.54, 1.807) is 0 Å². The van der Waals surface area contributed by atoms with Gasteiger partial charge in [-0.05, 0) is 13.0 Å². The third-order valence-electron chi connectivity index (χ3n) is 2.96. The van der Waals surface area contributed by atoms with Gasteiger partial charge in [-0.25, -0.2) is 4.79 Å². The lowest BCUT2D eigenvalue weighted by molar-refractivity contribution is 0.101. The molecule has 0 unspecified atom stereocenters. The van der Waals surface area contributed by atoms with Gasteiger partial charge in [0, 0.05) is 20.2 Å². The van der Waals surface area contributed by atoms with E-state index < -0.39 is 11.2 Å². The van der Waals surface area contributed by atoms with Crippen LogP contribution in [-0.2, 0) is 14.1 Å². The van der Waals surface area contributed by atoms with E-state index in [0.29, 0.717) is 5.52 Å². The smallest absolute Gasteiger partial charge is 0.330 e. The van der Waals surface area contributed by atoms with Gasteiger partial charge in [-0.15, -0.1) is 0 Å². The molecule has 6 nitrogen and oxygen atoms in total. The summed E-state index contributed by atoms with van der Waals surface area (Å²) < 4.78 is 2.21. The number of rotatable bonds is 1. The first-order valence-corrected chi connectivity index (χ1v) is 5.28. The van der Waals surface area contributed by atoms with Crippen molar-refractivity contribution >= 4 is 16.7 Å². The quantitative estimate of drug-likeness (QED) is 0.728. The van der Waals surface area contributed by atoms with E-state index in [4.69, 9.17) is 0 Å². The van der Waals surface area contributed by atoms with Crippen molar-refractivity contribution in [3.63, 3.8) is 0 Å². The topological polar surface area (TPSA) is 81.3 Å². The van der Waals surface area contributed by atoms with Crippen LogP contribution in [-0.4, -0.2) is 20.0 Å². The Balaban J connectivity index is 3.09. The summed E-state index contributed by atoms with van der Waals surface area (Å²) in [6.45, 7) is 1.30. The summed E-state index contributed by atoms with van der Waals surface area (Å²) in [6.07, 6.45) is 0. The third-order valence-corrected chi connectivity index (χ3v) is 2.96. The van der Waals surface area contributed by atoms with Crippen LogP contribution in [0.15, 0.2) is 21.7 Å². The van der Waals surface area contributed by atoms with Crippen LogP contribution < -0.4 is 11.2 Å². The number of aromatic hydroxyl groups is 1. The molecule has 0 fully saturated rings. The second-order valence-electron chi connectivity index (χ2n) is 4.15. The standard InChI is InChI=1S/C12H12N2O4/c1-6(15)7-4-8-9(5-10(7)16)13(2)12(18)14(3)11(8)17/h4-5,16H,1-3H3. The number of carbonyl (C=O) groups is 1. The van der Waals surface area contributed by atoms with Gasteiger partial charge in [0.2, 0.25) is 0 Å². The van der Waals surface area contributed by atoms with Gasteiger partial charge < -0.3 is 5.11 Å². The Morgan fingerprint density at radius 2 is 1.78 bits per heavy atom. The molecule has 1 N–H and O–H groups in total. The average molecular weight is 248 g/mol. The second kappa shape index (κ2) is 3.83. The van der Waals surface area contributed by atoms with Crippen molar-refractivity contribution < 1.29 is 9.90 Å². The molecule has 0 aliphatic rings. The predicted molar refractivity (Wildman–Crippen MR) is 66.1 cm³/mol. The zero-order valence-corrected chi connectivity index (χ0v) is 10.2. The van der Waals surface area contributed by atoms with E-state index in [2.05, 4.69) is 0 Å². The largest absolute Gasteiger partial charge is 0.507 e. The fourth-order valence-corrected chi connectivity index (χ4v) is 1.90. The van der Waals surface area contributed by atoms with E-state index >= 15 is 0 Å². The van der Waals surface area contributed by atoms with Crippen LogP contribution in [0.1, 0.15) is 17.3 Å². The Morgan fingerprint density at radius 3 is 2.33 bits per heavy atom. The number of ketones is 1. The second-order valence-corrected chi connectivity index (χ2v) is 4.15. The van der Waals surface area contributed by atoms with Crippen LogP contribution in [0.3, 0.4) is 0 Å². The summed E-state index contributed by atoms with van der Waals surface area (Å²) in [7, 11) is 2.86. The molecule has 6 heteroatoms. The minimum absolute atomic E-state index is 0.0678. The minimum Gasteiger partial charge on any atom is -0.507 e. The van der Waals surface area contributed by atoms with Gasteiger partial charge in [-0.1, -0.05) is 0 Å². The third kappa shape index (κ3) is 1.54. The van der Waals surface area contributed by atoms with Gasteiger partial charge in [0.1, 0.15) is 5.75 Å². The minimum atomic E-state index is -0.490. The average Bonchev–Trinajstić information content (AvgIpc) is 2.33. The molecular formula is C12H12N2O4. The summed E-state index contributed by atoms with van der Waals surface area (Å²) in [5.41, 5.74) is -0.609. The first-order valence-electron chi connectivity index (χ1n) is 5.28. The Kier molecular flexibility index (Phi) is 2.58. The van der Waals surface area contributed by atoms with E-state index in [0.717, 1.165) is 4.57 Å². The van der Waals surface area contributed by atoms with Crippen LogP contribution in [0.25, 0.3) is 10.9 Å². The summed E-state index contributed by atoms with van der Waals surface area (Å²) in [5.74, 6) is -0.580. The number of benzene rings is 1. The molecule has 1 aromatic carbocycles. The molecule has 2 aromatic rings. The van der Waals surface area contributed by atoms with Crippen LogP contribution in [0.2, 0.25) is 0 Å². The van der Waals surface area contributed by atoms with E-state index in [-0.39, 0.29) is 22.5 Å². The molecule has 0 aliphatic heterocycles. The first-order chi connectivity index (χ1) is 8.34. The highest BCUT2D eigenvalue weighted by Gasteiger charge is 2.14. The zero-order chi connectivity index (χ0) is 13.6. The Morgan fingerprint density at radius 1 is 1.17 bits per heavy atom. The van der Waals surface area contributed by atoms with E-state index in [1.807, 2.05) is 0 Å². The van der Waals surface area contributed by atoms with Crippen molar-refractivity contribution in [2.45, 2.75) is 6.92 Å². The van der Waals surface area contributed by atoms with Crippen molar-refractivity contribution in [3.8, 4) is 5.75 Å². The van der Waals surface area contributed by atoms with Gasteiger partial charge in [-0.2, -0.15) is 0 Å². The first kappa shape index (κ1) is 12.1. The molecule has 0 saturated heterocycles. The molecule has 18 heavy (non-hydrogen) atoms. The number of fused-ring (bicyclic) bond motifs is 1. The SMILES string of the molecule is CC(=O)c1cc2c(=O)n(C)c(=O)n(C)c2cc1O. The van der Waals surface area contributed by atoms with Gasteiger partial charge >= 0.3 is 5.69 Å². The Labute approximate surface area is 102 Å². The van der Waals surface area contributed by atoms with Crippen LogP contribution in [0.4, 0.5) is 0 Å². The summed E-state index contributed by atoms with van der Waals surface area (Å²) in [6, 6.07) is 2.57. The number of Topliss-reactive ketones (excluding diaryl/α,β-unsaturated/α-hetero) is 1. The Bertz CT molecular complexity index is 783. The molecule has 0 saturated carbocycles. The molecule has 0 atom stereocenters. The lowest BCUT2D eigenvalue weighted by Gasteiger charge is -2.09. The number of phenolic OH excluding ortho intramolecular Hbond substituents is 1. The maximum absolute atomic E-state index is 11.9. The van der Waals surface area contributed by atoms with Gasteiger partial charge in [-0.3, -0.25) is 18.7 Å². The van der Waals surface area contributed by atoms with Crippen molar-refractivity contribution in [3.05, 3.63) is 38.5 Å². The van der Waals surface area contributed by atoms with Crippen LogP contribution in [0.5, 0.6) is 5.75 Å². The highest BCUT2D eigenvalue weighted by Crippen LogP contribution is 2.22. The fraction of sp³-hybridized carbons (Fsp3) is 0.250. The predicted octanol–water partition coefficient (Wildman–Crippen LogP) is 0.145. The molecule has 0 aliphatic carbocycles. The molecule has 0 radical (unpaired) electrons. The van der Waals surface area contributed by atoms with Crippen LogP contribution in [0, 0.1) is 0 Å². The summed E-state index contributed by atoms with van der Waals surface area (Å²) >= 11 is 0. The molecule has 0 spiro atoms. The van der Waals surface area contributed by atoms with E-state index in [9.17, 15) is 19.5 Å². The molecule has 0 bridgehead atoms. The highest BCUT2D eigenvalue weighted by molar-refractivity contribution is 6.00. The van der Waals surface area contributed by atoms with Crippen molar-refractivity contribution in [2.24, 2.45) is 14.1 Å². The molecule has 0 amide bonds. The highest BCUT2D eigenvalue weighted by atomic mass is 16.3. The number of aryl methyl sites for hydroxylation is 1. The maximum Gasteiger partial charge on any atom is 0.330 e. The zero-order valence-electron chi connectivity index (χ0n) is 10.2. The maximum atomic E-state index is 11.9. The number of hydrogen-bond acceptors (Lipinski definition) is 4. The lowest BCUT2D eigenvalue weighted by Crippen LogP contribution is -2.37. The normalized spacial score (nSPS) is 10.8. The molecule has 2 rings (SSSR count). The molecule has 94 valence electrons. The number of phenols is 1.